The summed E-state index contributed by atoms with van der Waals surface area (Å²) in [5.74, 6) is 0.472. The second kappa shape index (κ2) is 4.09. The molecule has 0 bridgehead atoms. The summed E-state index contributed by atoms with van der Waals surface area (Å²) in [5.41, 5.74) is 5.43. The molecule has 2 N–H and O–H groups in total. The summed E-state index contributed by atoms with van der Waals surface area (Å²) < 4.78 is 9.87. The Labute approximate surface area is 76.7 Å². The van der Waals surface area contributed by atoms with Crippen LogP contribution in [-0.2, 0) is 9.53 Å². The predicted molar refractivity (Wildman–Crippen MR) is 47.3 cm³/mol. The summed E-state index contributed by atoms with van der Waals surface area (Å²) in [6.45, 7) is 2.01. The molecule has 0 saturated heterocycles. The summed E-state index contributed by atoms with van der Waals surface area (Å²) in [6.07, 6.45) is 0. The Bertz CT molecular complexity index is 293. The van der Waals surface area contributed by atoms with Crippen molar-refractivity contribution in [3.63, 3.8) is 0 Å². The average Bonchev–Trinajstić information content (AvgIpc) is 2.53. The van der Waals surface area contributed by atoms with E-state index in [9.17, 15) is 4.79 Å². The smallest absolute Gasteiger partial charge is 0.317 e. The number of aryl methyl sites for hydroxylation is 1. The van der Waals surface area contributed by atoms with Gasteiger partial charge in [0.15, 0.2) is 0 Å². The van der Waals surface area contributed by atoms with Crippen molar-refractivity contribution in [3.05, 3.63) is 23.7 Å². The molecular formula is C9H13NO3. The summed E-state index contributed by atoms with van der Waals surface area (Å²) in [4.78, 5) is 11.2. The Morgan fingerprint density at radius 1 is 1.69 bits per heavy atom. The van der Waals surface area contributed by atoms with Crippen molar-refractivity contribution in [1.82, 2.24) is 0 Å². The maximum absolute atomic E-state index is 11.2. The van der Waals surface area contributed by atoms with Crippen LogP contribution in [0.25, 0.3) is 0 Å². The van der Waals surface area contributed by atoms with Crippen LogP contribution in [0.1, 0.15) is 17.4 Å². The van der Waals surface area contributed by atoms with E-state index in [1.165, 1.54) is 7.11 Å². The first kappa shape index (κ1) is 9.80. The lowest BCUT2D eigenvalue weighted by atomic mass is 10.1. The van der Waals surface area contributed by atoms with Crippen LogP contribution in [0.4, 0.5) is 0 Å². The molecule has 72 valence electrons. The molecule has 0 saturated carbocycles. The van der Waals surface area contributed by atoms with Crippen LogP contribution in [-0.4, -0.2) is 19.6 Å². The van der Waals surface area contributed by atoms with Gasteiger partial charge in [-0.1, -0.05) is 0 Å². The molecule has 4 nitrogen and oxygen atoms in total. The zero-order valence-electron chi connectivity index (χ0n) is 7.74. The van der Waals surface area contributed by atoms with Gasteiger partial charge in [-0.05, 0) is 19.1 Å². The minimum Gasteiger partial charge on any atom is -0.468 e. The number of nitrogens with two attached hydrogens (primary N) is 1. The third-order valence-electron chi connectivity index (χ3n) is 1.83. The number of esters is 1. The van der Waals surface area contributed by atoms with Crippen molar-refractivity contribution in [2.45, 2.75) is 12.8 Å². The Morgan fingerprint density at radius 2 is 2.38 bits per heavy atom. The molecule has 13 heavy (non-hydrogen) atoms. The van der Waals surface area contributed by atoms with E-state index in [0.717, 1.165) is 5.76 Å². The zero-order valence-corrected chi connectivity index (χ0v) is 7.74. The van der Waals surface area contributed by atoms with Crippen LogP contribution >= 0.6 is 0 Å². The van der Waals surface area contributed by atoms with Gasteiger partial charge in [-0.3, -0.25) is 4.79 Å². The molecule has 1 aromatic rings. The van der Waals surface area contributed by atoms with Crippen LogP contribution < -0.4 is 5.73 Å². The van der Waals surface area contributed by atoms with Gasteiger partial charge in [0.05, 0.1) is 7.11 Å². The van der Waals surface area contributed by atoms with Crippen molar-refractivity contribution in [1.29, 1.82) is 0 Å². The first-order chi connectivity index (χ1) is 6.19. The SMILES string of the molecule is COC(=O)C(CN)c1ccc(C)o1. The van der Waals surface area contributed by atoms with E-state index < -0.39 is 5.92 Å². The predicted octanol–water partition coefficient (Wildman–Crippen LogP) is 0.803. The van der Waals surface area contributed by atoms with E-state index in [-0.39, 0.29) is 12.5 Å². The van der Waals surface area contributed by atoms with Crippen LogP contribution in [0.5, 0.6) is 0 Å². The van der Waals surface area contributed by atoms with E-state index in [0.29, 0.717) is 5.76 Å². The molecule has 0 aromatic carbocycles. The van der Waals surface area contributed by atoms with Crippen LogP contribution in [0.15, 0.2) is 16.5 Å². The summed E-state index contributed by atoms with van der Waals surface area (Å²) >= 11 is 0. The third kappa shape index (κ3) is 2.09. The topological polar surface area (TPSA) is 65.5 Å². The largest absolute Gasteiger partial charge is 0.468 e. The fourth-order valence-electron chi connectivity index (χ4n) is 1.11. The Morgan fingerprint density at radius 3 is 2.77 bits per heavy atom. The van der Waals surface area contributed by atoms with E-state index in [1.807, 2.05) is 6.92 Å². The van der Waals surface area contributed by atoms with Gasteiger partial charge in [0.25, 0.3) is 0 Å². The standard InChI is InChI=1S/C9H13NO3/c1-6-3-4-8(13-6)7(5-10)9(11)12-2/h3-4,7H,5,10H2,1-2H3. The van der Waals surface area contributed by atoms with E-state index >= 15 is 0 Å². The summed E-state index contributed by atoms with van der Waals surface area (Å²) in [5, 5.41) is 0. The van der Waals surface area contributed by atoms with Crippen molar-refractivity contribution in [2.24, 2.45) is 5.73 Å². The maximum Gasteiger partial charge on any atom is 0.317 e. The molecule has 1 heterocycles. The number of furan rings is 1. The minimum atomic E-state index is -0.487. The molecule has 0 amide bonds. The van der Waals surface area contributed by atoms with Gasteiger partial charge < -0.3 is 14.9 Å². The summed E-state index contributed by atoms with van der Waals surface area (Å²) in [7, 11) is 1.33. The molecule has 1 atom stereocenters. The molecule has 0 aliphatic carbocycles. The average molecular weight is 183 g/mol. The van der Waals surface area contributed by atoms with E-state index in [2.05, 4.69) is 4.74 Å². The van der Waals surface area contributed by atoms with Gasteiger partial charge >= 0.3 is 5.97 Å². The first-order valence-electron chi connectivity index (χ1n) is 4.03. The number of hydrogen-bond acceptors (Lipinski definition) is 4. The highest BCUT2D eigenvalue weighted by atomic mass is 16.5. The van der Waals surface area contributed by atoms with E-state index in [1.54, 1.807) is 12.1 Å². The van der Waals surface area contributed by atoms with Crippen molar-refractivity contribution < 1.29 is 13.9 Å². The van der Waals surface area contributed by atoms with Crippen molar-refractivity contribution in [2.75, 3.05) is 13.7 Å². The maximum atomic E-state index is 11.2. The van der Waals surface area contributed by atoms with Gasteiger partial charge in [-0.25, -0.2) is 0 Å². The van der Waals surface area contributed by atoms with Gasteiger partial charge in [-0.2, -0.15) is 0 Å². The lowest BCUT2D eigenvalue weighted by molar-refractivity contribution is -0.142. The van der Waals surface area contributed by atoms with Crippen molar-refractivity contribution >= 4 is 5.97 Å². The van der Waals surface area contributed by atoms with Gasteiger partial charge in [0, 0.05) is 6.54 Å². The molecule has 1 rings (SSSR count). The molecule has 1 aromatic heterocycles. The van der Waals surface area contributed by atoms with Crippen LogP contribution in [0.3, 0.4) is 0 Å². The normalized spacial score (nSPS) is 12.5. The lowest BCUT2D eigenvalue weighted by Crippen LogP contribution is -2.22. The second-order valence-electron chi connectivity index (χ2n) is 2.76. The molecule has 4 heteroatoms. The number of carbonyl (C=O) groups is 1. The Balaban J connectivity index is 2.84. The number of ether oxygens (including phenoxy) is 1. The van der Waals surface area contributed by atoms with Gasteiger partial charge in [0.2, 0.25) is 0 Å². The van der Waals surface area contributed by atoms with Crippen LogP contribution in [0, 0.1) is 6.92 Å². The molecule has 0 radical (unpaired) electrons. The highest BCUT2D eigenvalue weighted by Gasteiger charge is 2.22. The number of carbonyl (C=O) groups excluding carboxylic acids is 1. The number of methoxy groups -OCH3 is 1. The fraction of sp³-hybridized carbons (Fsp3) is 0.444. The molecule has 0 fully saturated rings. The molecule has 1 unspecified atom stereocenters. The highest BCUT2D eigenvalue weighted by molar-refractivity contribution is 5.77. The first-order valence-corrected chi connectivity index (χ1v) is 4.03. The molecule has 0 aliphatic rings. The van der Waals surface area contributed by atoms with Gasteiger partial charge in [-0.15, -0.1) is 0 Å². The minimum absolute atomic E-state index is 0.194. The molecule has 0 aliphatic heterocycles. The van der Waals surface area contributed by atoms with Gasteiger partial charge in [0.1, 0.15) is 17.4 Å². The van der Waals surface area contributed by atoms with Crippen LogP contribution in [0.2, 0.25) is 0 Å². The third-order valence-corrected chi connectivity index (χ3v) is 1.83. The Hall–Kier alpha value is -1.29. The fourth-order valence-corrected chi connectivity index (χ4v) is 1.11. The van der Waals surface area contributed by atoms with E-state index in [4.69, 9.17) is 10.2 Å². The second-order valence-corrected chi connectivity index (χ2v) is 2.76. The Kier molecular flexibility index (Phi) is 3.08. The molecular weight excluding hydrogens is 170 g/mol. The monoisotopic (exact) mass is 183 g/mol. The quantitative estimate of drug-likeness (QED) is 0.704. The number of rotatable bonds is 3. The number of hydrogen-bond donors (Lipinski definition) is 1. The lowest BCUT2D eigenvalue weighted by Gasteiger charge is -2.08. The zero-order chi connectivity index (χ0) is 9.84. The van der Waals surface area contributed by atoms with Crippen molar-refractivity contribution in [3.8, 4) is 0 Å². The summed E-state index contributed by atoms with van der Waals surface area (Å²) in [6, 6.07) is 3.53. The molecule has 0 spiro atoms. The highest BCUT2D eigenvalue weighted by Crippen LogP contribution is 2.18.